The highest BCUT2D eigenvalue weighted by atomic mass is 32.2. The van der Waals surface area contributed by atoms with Gasteiger partial charge in [0.25, 0.3) is 0 Å². The minimum atomic E-state index is -0.715. The average molecular weight is 1190 g/mol. The van der Waals surface area contributed by atoms with Gasteiger partial charge >= 0.3 is 47.8 Å². The van der Waals surface area contributed by atoms with E-state index in [1.54, 1.807) is 37.4 Å². The normalized spacial score (nSPS) is 20.2. The van der Waals surface area contributed by atoms with Crippen LogP contribution in [0, 0.1) is 21.7 Å². The van der Waals surface area contributed by atoms with Crippen LogP contribution in [0.4, 0.5) is 0 Å². The second-order valence-corrected chi connectivity index (χ2v) is 24.6. The number of hydrogen-bond acceptors (Lipinski definition) is 24. The van der Waals surface area contributed by atoms with Crippen molar-refractivity contribution in [3.63, 3.8) is 0 Å². The molecule has 0 saturated carbocycles. The van der Waals surface area contributed by atoms with E-state index in [0.717, 1.165) is 48.7 Å². The van der Waals surface area contributed by atoms with Gasteiger partial charge in [-0.2, -0.15) is 23.5 Å². The first-order valence-corrected chi connectivity index (χ1v) is 30.9. The van der Waals surface area contributed by atoms with Crippen molar-refractivity contribution >= 4 is 83.0 Å². The number of hydrogen-bond donors (Lipinski definition) is 0. The summed E-state index contributed by atoms with van der Waals surface area (Å²) in [5.74, 6) is 1.68. The first-order chi connectivity index (χ1) is 37.3. The monoisotopic (exact) mass is 1190 g/mol. The van der Waals surface area contributed by atoms with Gasteiger partial charge in [-0.1, -0.05) is 27.7 Å². The van der Waals surface area contributed by atoms with Crippen LogP contribution < -0.4 is 0 Å². The van der Waals surface area contributed by atoms with E-state index in [9.17, 15) is 38.4 Å². The number of esters is 8. The third-order valence-electron chi connectivity index (χ3n) is 12.7. The van der Waals surface area contributed by atoms with Gasteiger partial charge in [0.1, 0.15) is 33.0 Å². The molecule has 21 nitrogen and oxygen atoms in total. The molecule has 0 amide bonds. The number of carbonyl (C=O) groups excluding carboxylic acids is 8. The molecule has 0 bridgehead atoms. The molecule has 4 fully saturated rings. The molecular weight excluding hydrogens is 1090 g/mol. The van der Waals surface area contributed by atoms with Crippen molar-refractivity contribution in [2.45, 2.75) is 178 Å². The van der Waals surface area contributed by atoms with E-state index in [2.05, 4.69) is 0 Å². The molecule has 4 heterocycles. The Hall–Kier alpha value is -3.39. The first kappa shape index (κ1) is 73.6. The van der Waals surface area contributed by atoms with Crippen molar-refractivity contribution < 1.29 is 99.9 Å². The van der Waals surface area contributed by atoms with Gasteiger partial charge in [-0.25, -0.2) is 4.79 Å². The molecule has 0 aromatic rings. The standard InChI is InChI=1S/C14H24O6.C14H24O5S.C14H24O4S2.C13H22O6/c1-4-14(2,3)13(16)19-9-6-11(15)20-12-10-17-7-5-8-18-12;1-4-14(2,3)13(16)18-8-6-11(15)19-12-10-20-9-5-7-17-12;1-4-14(2,3)13(16)17-7-6-11(15)18-12-10-19-8-5-9-20-12;1-4-13(2,3)12(15)18-8-10(14)19-11-9-16-6-5-7-17-11/h3*12H,4-10H2,1-3H3;11H,4-9H2,1-3H3. The van der Waals surface area contributed by atoms with Crippen molar-refractivity contribution in [3.05, 3.63) is 0 Å². The SMILES string of the molecule is CCC(C)(C)C(=O)OCC(=O)OC1COCCCO1.CCC(C)(C)C(=O)OCCC(=O)OC1COCCCO1.CCC(C)(C)C(=O)OCCC(=O)OC1CSCCCO1.CCC(C)(C)C(=O)OCCC(=O)OC1CSCCCS1. The third-order valence-corrected chi connectivity index (χ3v) is 16.3. The van der Waals surface area contributed by atoms with Crippen molar-refractivity contribution in [2.75, 3.05) is 101 Å². The van der Waals surface area contributed by atoms with Gasteiger partial charge in [0.15, 0.2) is 12.0 Å². The molecule has 0 spiro atoms. The molecule has 24 heteroatoms. The van der Waals surface area contributed by atoms with Gasteiger partial charge in [0, 0.05) is 19.0 Å². The van der Waals surface area contributed by atoms with E-state index in [1.807, 2.05) is 81.0 Å². The van der Waals surface area contributed by atoms with Gasteiger partial charge in [-0.15, -0.1) is 11.8 Å². The van der Waals surface area contributed by atoms with Crippen LogP contribution in [0.1, 0.15) is 154 Å². The predicted octanol–water partition coefficient (Wildman–Crippen LogP) is 8.41. The van der Waals surface area contributed by atoms with Crippen molar-refractivity contribution in [1.29, 1.82) is 0 Å². The molecule has 0 aliphatic carbocycles. The molecule has 4 unspecified atom stereocenters. The molecular formula is C55H94O21S3. The summed E-state index contributed by atoms with van der Waals surface area (Å²) in [4.78, 5) is 93.2. The maximum atomic E-state index is 11.7. The van der Waals surface area contributed by atoms with Crippen LogP contribution in [0.25, 0.3) is 0 Å². The zero-order valence-corrected chi connectivity index (χ0v) is 51.6. The third kappa shape index (κ3) is 34.0. The second-order valence-electron chi connectivity index (χ2n) is 21.1. The molecule has 458 valence electrons. The maximum Gasteiger partial charge on any atom is 0.346 e. The van der Waals surface area contributed by atoms with Crippen LogP contribution in [-0.4, -0.2) is 174 Å². The van der Waals surface area contributed by atoms with E-state index < -0.39 is 65.0 Å². The highest BCUT2D eigenvalue weighted by molar-refractivity contribution is 8.03. The first-order valence-electron chi connectivity index (χ1n) is 27.6. The fourth-order valence-electron chi connectivity index (χ4n) is 5.65. The molecule has 0 aromatic carbocycles. The Morgan fingerprint density at radius 2 is 0.785 bits per heavy atom. The van der Waals surface area contributed by atoms with E-state index in [-0.39, 0.29) is 87.6 Å². The number of rotatable bonds is 23. The van der Waals surface area contributed by atoms with Crippen LogP contribution in [0.2, 0.25) is 0 Å². The van der Waals surface area contributed by atoms with Gasteiger partial charge in [-0.3, -0.25) is 33.6 Å². The maximum absolute atomic E-state index is 11.7. The molecule has 4 rings (SSSR count). The molecule has 0 N–H and O–H groups in total. The quantitative estimate of drug-likeness (QED) is 0.0687. The molecule has 0 radical (unpaired) electrons. The topological polar surface area (TPSA) is 257 Å². The lowest BCUT2D eigenvalue weighted by Gasteiger charge is -2.20. The molecule has 4 aliphatic heterocycles. The van der Waals surface area contributed by atoms with Crippen LogP contribution in [0.5, 0.6) is 0 Å². The van der Waals surface area contributed by atoms with Crippen LogP contribution >= 0.6 is 35.3 Å². The lowest BCUT2D eigenvalue weighted by Crippen LogP contribution is -2.31. The Kier molecular flexibility index (Phi) is 38.0. The fraction of sp³-hybridized carbons (Fsp3) is 0.855. The smallest absolute Gasteiger partial charge is 0.346 e. The van der Waals surface area contributed by atoms with E-state index >= 15 is 0 Å². The van der Waals surface area contributed by atoms with Crippen LogP contribution in [-0.2, 0) is 99.9 Å². The summed E-state index contributed by atoms with van der Waals surface area (Å²) in [6.07, 6.45) is 4.80. The van der Waals surface area contributed by atoms with Gasteiger partial charge < -0.3 is 61.6 Å². The Morgan fingerprint density at radius 3 is 1.24 bits per heavy atom. The molecule has 4 atom stereocenters. The predicted molar refractivity (Wildman–Crippen MR) is 299 cm³/mol. The summed E-state index contributed by atoms with van der Waals surface area (Å²) in [7, 11) is 0. The Morgan fingerprint density at radius 1 is 0.418 bits per heavy atom. The van der Waals surface area contributed by atoms with E-state index in [1.165, 1.54) is 0 Å². The summed E-state index contributed by atoms with van der Waals surface area (Å²) < 4.78 is 67.3. The number of carbonyl (C=O) groups is 8. The minimum absolute atomic E-state index is 0.0192. The molecule has 4 saturated heterocycles. The van der Waals surface area contributed by atoms with E-state index in [4.69, 9.17) is 61.6 Å². The van der Waals surface area contributed by atoms with Gasteiger partial charge in [0.05, 0.1) is 66.5 Å². The van der Waals surface area contributed by atoms with Crippen LogP contribution in [0.3, 0.4) is 0 Å². The highest BCUT2D eigenvalue weighted by Gasteiger charge is 2.31. The molecule has 4 aliphatic rings. The number of ether oxygens (including phenoxy) is 13. The summed E-state index contributed by atoms with van der Waals surface area (Å²) >= 11 is 5.22. The summed E-state index contributed by atoms with van der Waals surface area (Å²) in [6, 6.07) is 0. The van der Waals surface area contributed by atoms with Gasteiger partial charge in [0.2, 0.25) is 18.9 Å². The van der Waals surface area contributed by atoms with Crippen molar-refractivity contribution in [3.8, 4) is 0 Å². The van der Waals surface area contributed by atoms with Crippen LogP contribution in [0.15, 0.2) is 0 Å². The lowest BCUT2D eigenvalue weighted by molar-refractivity contribution is -0.191. The second kappa shape index (κ2) is 40.7. The fourth-order valence-corrected chi connectivity index (χ4v) is 8.87. The Labute approximate surface area is 482 Å². The lowest BCUT2D eigenvalue weighted by atomic mass is 9.91. The number of thioether (sulfide) groups is 3. The largest absolute Gasteiger partial charge is 0.465 e. The zero-order valence-electron chi connectivity index (χ0n) is 49.2. The van der Waals surface area contributed by atoms with Crippen molar-refractivity contribution in [1.82, 2.24) is 0 Å². The van der Waals surface area contributed by atoms with E-state index in [0.29, 0.717) is 64.5 Å². The molecule has 79 heavy (non-hydrogen) atoms. The highest BCUT2D eigenvalue weighted by Crippen LogP contribution is 2.26. The minimum Gasteiger partial charge on any atom is -0.465 e. The Bertz CT molecular complexity index is 1630. The summed E-state index contributed by atoms with van der Waals surface area (Å²) in [6.45, 7) is 25.2. The van der Waals surface area contributed by atoms with Crippen molar-refractivity contribution in [2.24, 2.45) is 21.7 Å². The average Bonchev–Trinajstić information content (AvgIpc) is 4.04. The molecule has 0 aromatic heterocycles. The van der Waals surface area contributed by atoms with Gasteiger partial charge in [-0.05, 0) is 124 Å². The summed E-state index contributed by atoms with van der Waals surface area (Å²) in [5.41, 5.74) is -2.18. The zero-order chi connectivity index (χ0) is 59.3. The Balaban J connectivity index is 0.000000527. The summed E-state index contributed by atoms with van der Waals surface area (Å²) in [5, 5.41) is 0.